The van der Waals surface area contributed by atoms with Gasteiger partial charge in [0.05, 0.1) is 26.4 Å². The van der Waals surface area contributed by atoms with Crippen LogP contribution in [-0.2, 0) is 13.6 Å². The van der Waals surface area contributed by atoms with Crippen LogP contribution in [0.4, 0.5) is 5.69 Å². The summed E-state index contributed by atoms with van der Waals surface area (Å²) in [6.45, 7) is 0. The van der Waals surface area contributed by atoms with Crippen LogP contribution in [-0.4, -0.2) is 26.4 Å². The van der Waals surface area contributed by atoms with Crippen LogP contribution in [0.15, 0.2) is 48.5 Å². The van der Waals surface area contributed by atoms with E-state index in [0.29, 0.717) is 11.5 Å². The first-order valence-electron chi connectivity index (χ1n) is 12.6. The van der Waals surface area contributed by atoms with E-state index in [9.17, 15) is 4.57 Å². The van der Waals surface area contributed by atoms with Crippen LogP contribution in [0.5, 0.6) is 11.5 Å². The molecule has 186 valence electrons. The van der Waals surface area contributed by atoms with Gasteiger partial charge >= 0.3 is 7.60 Å². The van der Waals surface area contributed by atoms with Gasteiger partial charge in [-0.2, -0.15) is 0 Å². The molecule has 6 nitrogen and oxygen atoms in total. The molecule has 0 unspecified atom stereocenters. The molecule has 0 bridgehead atoms. The zero-order chi connectivity index (χ0) is 23.8. The van der Waals surface area contributed by atoms with Crippen molar-refractivity contribution in [2.45, 2.75) is 82.2 Å². The van der Waals surface area contributed by atoms with Crippen LogP contribution in [0.2, 0.25) is 0 Å². The summed E-state index contributed by atoms with van der Waals surface area (Å²) >= 11 is 0. The Bertz CT molecular complexity index is 917. The van der Waals surface area contributed by atoms with Crippen molar-refractivity contribution < 1.29 is 23.1 Å². The second-order valence-electron chi connectivity index (χ2n) is 9.30. The van der Waals surface area contributed by atoms with Crippen molar-refractivity contribution in [3.63, 3.8) is 0 Å². The van der Waals surface area contributed by atoms with Gasteiger partial charge in [-0.3, -0.25) is 4.57 Å². The normalized spacial score (nSPS) is 18.9. The van der Waals surface area contributed by atoms with E-state index >= 15 is 0 Å². The number of rotatable bonds is 10. The standard InChI is InChI=1S/C27H38NO5P/c1-30-25-19-18-21(20-26(25)31-2)27(28-22-12-6-3-7-13-22)34(29,32-23-14-8-4-9-15-23)33-24-16-10-5-11-17-24/h3,6-7,12-13,18-20,23-24,27-28H,4-5,8-11,14-17H2,1-2H3/t27-/m0/s1. The van der Waals surface area contributed by atoms with E-state index in [0.717, 1.165) is 62.6 Å². The smallest absolute Gasteiger partial charge is 0.357 e. The highest BCUT2D eigenvalue weighted by Crippen LogP contribution is 2.64. The van der Waals surface area contributed by atoms with E-state index in [2.05, 4.69) is 5.32 Å². The lowest BCUT2D eigenvalue weighted by molar-refractivity contribution is 0.0758. The molecule has 0 saturated heterocycles. The molecule has 0 radical (unpaired) electrons. The van der Waals surface area contributed by atoms with Gasteiger partial charge in [-0.05, 0) is 55.5 Å². The fourth-order valence-electron chi connectivity index (χ4n) is 4.96. The van der Waals surface area contributed by atoms with Gasteiger partial charge < -0.3 is 23.8 Å². The Morgan fingerprint density at radius 1 is 0.765 bits per heavy atom. The molecule has 0 amide bonds. The molecule has 1 atom stereocenters. The Morgan fingerprint density at radius 2 is 1.32 bits per heavy atom. The van der Waals surface area contributed by atoms with Crippen LogP contribution in [0, 0.1) is 0 Å². The number of methoxy groups -OCH3 is 2. The largest absolute Gasteiger partial charge is 0.493 e. The molecule has 0 aromatic heterocycles. The molecule has 2 saturated carbocycles. The first-order valence-corrected chi connectivity index (χ1v) is 14.2. The maximum Gasteiger partial charge on any atom is 0.357 e. The average Bonchev–Trinajstić information content (AvgIpc) is 2.88. The van der Waals surface area contributed by atoms with Crippen LogP contribution < -0.4 is 14.8 Å². The molecular formula is C27H38NO5P. The Balaban J connectivity index is 1.73. The monoisotopic (exact) mass is 487 g/mol. The molecular weight excluding hydrogens is 449 g/mol. The van der Waals surface area contributed by atoms with Crippen molar-refractivity contribution in [3.8, 4) is 11.5 Å². The highest BCUT2D eigenvalue weighted by molar-refractivity contribution is 7.54. The van der Waals surface area contributed by atoms with E-state index in [1.54, 1.807) is 14.2 Å². The van der Waals surface area contributed by atoms with Gasteiger partial charge in [0.25, 0.3) is 0 Å². The second kappa shape index (κ2) is 12.1. The lowest BCUT2D eigenvalue weighted by Crippen LogP contribution is -2.25. The number of anilines is 1. The summed E-state index contributed by atoms with van der Waals surface area (Å²) in [5, 5.41) is 3.49. The molecule has 7 heteroatoms. The Kier molecular flexibility index (Phi) is 8.93. The first-order chi connectivity index (χ1) is 16.6. The molecule has 0 heterocycles. The highest BCUT2D eigenvalue weighted by Gasteiger charge is 2.42. The molecule has 2 aliphatic rings. The number of benzene rings is 2. The van der Waals surface area contributed by atoms with E-state index in [1.165, 1.54) is 12.8 Å². The van der Waals surface area contributed by atoms with Crippen LogP contribution in [0.25, 0.3) is 0 Å². The zero-order valence-corrected chi connectivity index (χ0v) is 21.3. The minimum absolute atomic E-state index is 0.0524. The third-order valence-electron chi connectivity index (χ3n) is 6.81. The van der Waals surface area contributed by atoms with E-state index in [1.807, 2.05) is 48.5 Å². The molecule has 2 fully saturated rings. The molecule has 2 aromatic carbocycles. The Morgan fingerprint density at radius 3 is 1.85 bits per heavy atom. The minimum atomic E-state index is -3.62. The van der Waals surface area contributed by atoms with E-state index in [-0.39, 0.29) is 12.2 Å². The number of hydrogen-bond donors (Lipinski definition) is 1. The van der Waals surface area contributed by atoms with Crippen molar-refractivity contribution in [1.82, 2.24) is 0 Å². The van der Waals surface area contributed by atoms with Crippen molar-refractivity contribution in [2.24, 2.45) is 0 Å². The molecule has 2 aliphatic carbocycles. The van der Waals surface area contributed by atoms with Gasteiger partial charge in [-0.25, -0.2) is 0 Å². The zero-order valence-electron chi connectivity index (χ0n) is 20.4. The lowest BCUT2D eigenvalue weighted by Gasteiger charge is -2.36. The second-order valence-corrected chi connectivity index (χ2v) is 11.3. The fraction of sp³-hybridized carbons (Fsp3) is 0.556. The summed E-state index contributed by atoms with van der Waals surface area (Å²) in [5.74, 6) is 0.543. The average molecular weight is 488 g/mol. The Labute approximate surface area is 203 Å². The molecule has 34 heavy (non-hydrogen) atoms. The molecule has 4 rings (SSSR count). The van der Waals surface area contributed by atoms with Crippen molar-refractivity contribution in [1.29, 1.82) is 0 Å². The first kappa shape index (κ1) is 25.1. The molecule has 0 spiro atoms. The molecule has 0 aliphatic heterocycles. The topological polar surface area (TPSA) is 66.0 Å². The summed E-state index contributed by atoms with van der Waals surface area (Å²) in [4.78, 5) is 0. The number of ether oxygens (including phenoxy) is 2. The summed E-state index contributed by atoms with van der Waals surface area (Å²) in [7, 11) is -0.395. The predicted molar refractivity (Wildman–Crippen MR) is 136 cm³/mol. The third kappa shape index (κ3) is 6.35. The van der Waals surface area contributed by atoms with Crippen LogP contribution in [0.3, 0.4) is 0 Å². The van der Waals surface area contributed by atoms with Gasteiger partial charge in [0.2, 0.25) is 0 Å². The summed E-state index contributed by atoms with van der Waals surface area (Å²) < 4.78 is 38.8. The Hall–Kier alpha value is -2.01. The maximum absolute atomic E-state index is 14.8. The van der Waals surface area contributed by atoms with Crippen molar-refractivity contribution in [3.05, 3.63) is 54.1 Å². The highest BCUT2D eigenvalue weighted by atomic mass is 31.2. The van der Waals surface area contributed by atoms with Gasteiger partial charge in [0.1, 0.15) is 0 Å². The third-order valence-corrected chi connectivity index (χ3v) is 9.06. The quantitative estimate of drug-likeness (QED) is 0.346. The van der Waals surface area contributed by atoms with Crippen LogP contribution in [0.1, 0.15) is 75.6 Å². The summed E-state index contributed by atoms with van der Waals surface area (Å²) in [6.07, 6.45) is 10.4. The van der Waals surface area contributed by atoms with Gasteiger partial charge in [0.15, 0.2) is 17.3 Å². The molecule has 1 N–H and O–H groups in total. The van der Waals surface area contributed by atoms with Gasteiger partial charge in [0, 0.05) is 5.69 Å². The summed E-state index contributed by atoms with van der Waals surface area (Å²) in [5.41, 5.74) is 1.65. The van der Waals surface area contributed by atoms with Crippen LogP contribution >= 0.6 is 7.60 Å². The minimum Gasteiger partial charge on any atom is -0.493 e. The van der Waals surface area contributed by atoms with Gasteiger partial charge in [-0.15, -0.1) is 0 Å². The predicted octanol–water partition coefficient (Wildman–Crippen LogP) is 7.71. The SMILES string of the molecule is COc1ccc([C@@H](Nc2ccccc2)P(=O)(OC2CCCCC2)OC2CCCCC2)cc1OC. The number of para-hydroxylation sites is 1. The van der Waals surface area contributed by atoms with Crippen molar-refractivity contribution in [2.75, 3.05) is 19.5 Å². The van der Waals surface area contributed by atoms with E-state index in [4.69, 9.17) is 18.5 Å². The lowest BCUT2D eigenvalue weighted by atomic mass is 9.98. The molecule has 2 aromatic rings. The fourth-order valence-corrected chi connectivity index (χ4v) is 7.34. The van der Waals surface area contributed by atoms with Crippen molar-refractivity contribution >= 4 is 13.3 Å². The van der Waals surface area contributed by atoms with E-state index < -0.39 is 13.4 Å². The van der Waals surface area contributed by atoms with Gasteiger partial charge in [-0.1, -0.05) is 62.8 Å². The number of hydrogen-bond acceptors (Lipinski definition) is 6. The summed E-state index contributed by atoms with van der Waals surface area (Å²) in [6, 6.07) is 15.5. The maximum atomic E-state index is 14.8. The number of nitrogens with one attached hydrogen (secondary N) is 1.